The molecule has 4 N–H and O–H groups in total. The Labute approximate surface area is 586 Å². The van der Waals surface area contributed by atoms with Crippen LogP contribution in [0, 0.1) is 11.8 Å². The first-order valence-corrected chi connectivity index (χ1v) is 37.7. The summed E-state index contributed by atoms with van der Waals surface area (Å²) in [4.78, 5) is 83.4. The van der Waals surface area contributed by atoms with Gasteiger partial charge >= 0.3 is 53.9 Å². The summed E-state index contributed by atoms with van der Waals surface area (Å²) < 4.78 is 84.4. The molecule has 28 heteroatoms. The molecule has 26 nitrogen and oxygen atoms in total. The van der Waals surface area contributed by atoms with Crippen molar-refractivity contribution >= 4 is 76.7 Å². The van der Waals surface area contributed by atoms with Crippen LogP contribution in [0.3, 0.4) is 0 Å². The minimum atomic E-state index is -3.15. The first-order valence-electron chi connectivity index (χ1n) is 33.9. The highest BCUT2D eigenvalue weighted by molar-refractivity contribution is 6.61. The number of unbranched alkanes of at least 4 members (excludes halogenated alkanes) is 1. The SMILES string of the molecule is C=C(C)C(=O)OCC(COC(=O)Nc1ccccc1)CN(CCC[Si](OC)(OCC)OCC)CC(COCCCCOCC(CN(CCC[Si](OCC)(OCC)OCC)CC(COC(=O)C(=C)C)OC(=O)Nc1ccccc1)OC(=O)Nc1ccccc1)COC(=O)Nc1ccccc1. The van der Waals surface area contributed by atoms with Gasteiger partial charge in [0.15, 0.2) is 6.10 Å². The summed E-state index contributed by atoms with van der Waals surface area (Å²) in [6.07, 6.45) is -2.72. The first-order chi connectivity index (χ1) is 47.8. The summed E-state index contributed by atoms with van der Waals surface area (Å²) >= 11 is 0. The molecular formula is C71H106N6O20Si2. The van der Waals surface area contributed by atoms with Gasteiger partial charge in [-0.3, -0.25) is 26.2 Å². The Morgan fingerprint density at radius 1 is 0.404 bits per heavy atom. The fourth-order valence-corrected chi connectivity index (χ4v) is 15.0. The molecular weight excluding hydrogens is 1310 g/mol. The lowest BCUT2D eigenvalue weighted by molar-refractivity contribution is -0.142. The Kier molecular flexibility index (Phi) is 41.5. The van der Waals surface area contributed by atoms with Crippen molar-refractivity contribution in [2.45, 2.75) is 98.4 Å². The zero-order valence-corrected chi connectivity index (χ0v) is 61.0. The van der Waals surface area contributed by atoms with Gasteiger partial charge in [0.05, 0.1) is 26.4 Å². The van der Waals surface area contributed by atoms with E-state index in [0.717, 1.165) is 0 Å². The van der Waals surface area contributed by atoms with E-state index in [1.807, 2.05) is 63.8 Å². The van der Waals surface area contributed by atoms with Crippen molar-refractivity contribution in [1.82, 2.24) is 9.80 Å². The van der Waals surface area contributed by atoms with Gasteiger partial charge in [0.2, 0.25) is 0 Å². The van der Waals surface area contributed by atoms with E-state index >= 15 is 0 Å². The van der Waals surface area contributed by atoms with Crippen LogP contribution in [0.2, 0.25) is 12.1 Å². The molecule has 0 bridgehead atoms. The monoisotopic (exact) mass is 1420 g/mol. The summed E-state index contributed by atoms with van der Waals surface area (Å²) in [5.41, 5.74) is 2.44. The quantitative estimate of drug-likeness (QED) is 0.0105. The van der Waals surface area contributed by atoms with Crippen LogP contribution in [-0.4, -0.2) is 208 Å². The Hall–Kier alpha value is -7.59. The van der Waals surface area contributed by atoms with Gasteiger partial charge in [-0.25, -0.2) is 28.8 Å². The maximum atomic E-state index is 13.7. The normalized spacial score (nSPS) is 12.7. The van der Waals surface area contributed by atoms with Crippen molar-refractivity contribution in [1.29, 1.82) is 0 Å². The van der Waals surface area contributed by atoms with E-state index in [1.54, 1.807) is 111 Å². The number of hydrogen-bond donors (Lipinski definition) is 4. The average molecular weight is 1420 g/mol. The topological polar surface area (TPSA) is 286 Å². The second-order valence-electron chi connectivity index (χ2n) is 23.0. The largest absolute Gasteiger partial charge is 0.500 e. The highest BCUT2D eigenvalue weighted by Crippen LogP contribution is 2.23. The highest BCUT2D eigenvalue weighted by atomic mass is 28.4. The molecule has 548 valence electrons. The number of anilines is 4. The summed E-state index contributed by atoms with van der Waals surface area (Å²) in [5, 5.41) is 11.0. The Morgan fingerprint density at radius 2 is 0.727 bits per heavy atom. The van der Waals surface area contributed by atoms with Crippen molar-refractivity contribution in [3.8, 4) is 0 Å². The number of rotatable bonds is 52. The molecule has 4 aromatic carbocycles. The molecule has 0 saturated heterocycles. The van der Waals surface area contributed by atoms with E-state index in [9.17, 15) is 28.8 Å². The number of benzene rings is 4. The number of hydrogen-bond acceptors (Lipinski definition) is 22. The van der Waals surface area contributed by atoms with Gasteiger partial charge in [-0.1, -0.05) is 86.0 Å². The van der Waals surface area contributed by atoms with Gasteiger partial charge in [0.1, 0.15) is 19.3 Å². The van der Waals surface area contributed by atoms with Crippen molar-refractivity contribution in [2.75, 3.05) is 154 Å². The van der Waals surface area contributed by atoms with Crippen LogP contribution in [0.5, 0.6) is 0 Å². The van der Waals surface area contributed by atoms with E-state index in [-0.39, 0.29) is 83.6 Å². The van der Waals surface area contributed by atoms with Crippen LogP contribution in [-0.2, 0) is 74.0 Å². The molecule has 0 spiro atoms. The molecule has 0 aromatic heterocycles. The van der Waals surface area contributed by atoms with Crippen molar-refractivity contribution in [2.24, 2.45) is 11.8 Å². The van der Waals surface area contributed by atoms with Gasteiger partial charge in [-0.2, -0.15) is 0 Å². The zero-order valence-electron chi connectivity index (χ0n) is 59.0. The fraction of sp³-hybridized carbons (Fsp3) is 0.521. The zero-order chi connectivity index (χ0) is 71.9. The summed E-state index contributed by atoms with van der Waals surface area (Å²) in [6, 6.07) is 36.3. The molecule has 4 rings (SSSR count). The third-order valence-corrected chi connectivity index (χ3v) is 20.8. The number of amides is 4. The van der Waals surface area contributed by atoms with Crippen LogP contribution >= 0.6 is 0 Å². The summed E-state index contributed by atoms with van der Waals surface area (Å²) in [5.74, 6) is -2.23. The second kappa shape index (κ2) is 49.0. The minimum absolute atomic E-state index is 0.0167. The van der Waals surface area contributed by atoms with Crippen LogP contribution < -0.4 is 21.3 Å². The van der Waals surface area contributed by atoms with Gasteiger partial charge < -0.3 is 69.4 Å². The molecule has 4 atom stereocenters. The van der Waals surface area contributed by atoms with Gasteiger partial charge in [0, 0.05) is 137 Å². The Balaban J connectivity index is 1.58. The number of esters is 2. The minimum Gasteiger partial charge on any atom is -0.462 e. The van der Waals surface area contributed by atoms with Crippen LogP contribution in [0.1, 0.15) is 74.1 Å². The van der Waals surface area contributed by atoms with Gasteiger partial charge in [-0.15, -0.1) is 0 Å². The van der Waals surface area contributed by atoms with E-state index < -0.39 is 78.0 Å². The number of ether oxygens (including phenoxy) is 8. The van der Waals surface area contributed by atoms with Gasteiger partial charge in [0.25, 0.3) is 0 Å². The summed E-state index contributed by atoms with van der Waals surface area (Å²) in [7, 11) is -4.65. The lowest BCUT2D eigenvalue weighted by Crippen LogP contribution is -2.48. The van der Waals surface area contributed by atoms with E-state index in [2.05, 4.69) is 39.3 Å². The lowest BCUT2D eigenvalue weighted by Gasteiger charge is -2.32. The third kappa shape index (κ3) is 35.8. The smallest absolute Gasteiger partial charge is 0.462 e. The second-order valence-corrected chi connectivity index (χ2v) is 28.6. The highest BCUT2D eigenvalue weighted by Gasteiger charge is 2.41. The number of carbonyl (C=O) groups is 6. The number of para-hydroxylation sites is 4. The average Bonchev–Trinajstić information content (AvgIpc) is 1.03. The molecule has 99 heavy (non-hydrogen) atoms. The van der Waals surface area contributed by atoms with Crippen molar-refractivity contribution < 1.29 is 93.2 Å². The number of carbonyl (C=O) groups excluding carboxylic acids is 6. The van der Waals surface area contributed by atoms with Crippen LogP contribution in [0.25, 0.3) is 0 Å². The molecule has 0 radical (unpaired) electrons. The molecule has 0 aliphatic heterocycles. The lowest BCUT2D eigenvalue weighted by atomic mass is 10.1. The molecule has 0 aliphatic carbocycles. The Morgan fingerprint density at radius 3 is 1.11 bits per heavy atom. The predicted octanol–water partition coefficient (Wildman–Crippen LogP) is 12.1. The first kappa shape index (κ1) is 83.8. The van der Waals surface area contributed by atoms with Gasteiger partial charge in [-0.05, 0) is 136 Å². The molecule has 4 amide bonds. The van der Waals surface area contributed by atoms with E-state index in [4.69, 9.17) is 64.5 Å². The molecule has 0 saturated carbocycles. The molecule has 0 fully saturated rings. The predicted molar refractivity (Wildman–Crippen MR) is 381 cm³/mol. The fourth-order valence-electron chi connectivity index (χ4n) is 10.1. The van der Waals surface area contributed by atoms with Crippen molar-refractivity contribution in [3.63, 3.8) is 0 Å². The van der Waals surface area contributed by atoms with E-state index in [1.165, 1.54) is 6.92 Å². The standard InChI is InChI=1S/C71H106N6O20Si2/c1-11-91-98(84-10,92-12-2)44-30-40-76(47-59(51-87-66(78)56(6)7)53-90-69(81)73-61-34-22-17-23-35-61)46-58(52-89-68(80)72-60-32-20-16-21-33-60)50-85-42-28-29-43-86-54-64(96-70(82)74-62-36-24-18-25-37-62)48-77(41-31-45-99(93-13-3,94-14-4)95-15-5)49-65(55-88-67(79)57(8)9)97-71(83)75-63-38-26-19-27-39-63/h16-27,32-39,58-59,64-65H,6,8,11-15,28-31,40-55H2,1-5,7,9-10H3,(H,72,80)(H,73,81)(H,74,82)(H,75,83). The van der Waals surface area contributed by atoms with Crippen LogP contribution in [0.4, 0.5) is 41.9 Å². The molecule has 4 aromatic rings. The third-order valence-electron chi connectivity index (χ3n) is 14.6. The molecule has 4 unspecified atom stereocenters. The number of nitrogens with one attached hydrogen (secondary N) is 4. The van der Waals surface area contributed by atoms with E-state index in [0.29, 0.717) is 113 Å². The summed E-state index contributed by atoms with van der Waals surface area (Å²) in [6.45, 7) is 23.2. The number of nitrogens with zero attached hydrogens (tertiary/aromatic N) is 2. The maximum Gasteiger partial charge on any atom is 0.500 e. The maximum absolute atomic E-state index is 13.7. The molecule has 0 heterocycles. The molecule has 0 aliphatic rings. The Bertz CT molecular complexity index is 2930. The van der Waals surface area contributed by atoms with Crippen molar-refractivity contribution in [3.05, 3.63) is 146 Å². The van der Waals surface area contributed by atoms with Crippen LogP contribution in [0.15, 0.2) is 146 Å².